The van der Waals surface area contributed by atoms with E-state index < -0.39 is 17.6 Å². The smallest absolute Gasteiger partial charge is 0.274 e. The number of alkyl halides is 3. The zero-order valence-corrected chi connectivity index (χ0v) is 13.5. The highest BCUT2D eigenvalue weighted by Gasteiger charge is 2.34. The van der Waals surface area contributed by atoms with Gasteiger partial charge in [0.15, 0.2) is 0 Å². The van der Waals surface area contributed by atoms with Crippen molar-refractivity contribution in [2.75, 3.05) is 14.2 Å². The molecule has 0 saturated carbocycles. The van der Waals surface area contributed by atoms with Crippen LogP contribution < -0.4 is 0 Å². The van der Waals surface area contributed by atoms with E-state index in [-0.39, 0.29) is 16.5 Å². The Balaban J connectivity index is 3.17. The second-order valence-electron chi connectivity index (χ2n) is 6.42. The summed E-state index contributed by atoms with van der Waals surface area (Å²) < 4.78 is 39.7. The van der Waals surface area contributed by atoms with E-state index in [1.807, 2.05) is 20.8 Å². The minimum atomic E-state index is -4.49. The van der Waals surface area contributed by atoms with Gasteiger partial charge < -0.3 is 0 Å². The van der Waals surface area contributed by atoms with E-state index in [0.29, 0.717) is 12.8 Å². The number of carbonyl (C=O) groups is 1. The topological polar surface area (TPSA) is 29.5 Å². The summed E-state index contributed by atoms with van der Waals surface area (Å²) in [7, 11) is 2.63. The Hall–Kier alpha value is -1.56. The van der Waals surface area contributed by atoms with Gasteiger partial charge in [0, 0.05) is 12.6 Å². The summed E-state index contributed by atoms with van der Waals surface area (Å²) in [6, 6.07) is 3.69. The number of carbonyl (C=O) groups excluding carboxylic acids is 1. The molecule has 0 atom stereocenters. The van der Waals surface area contributed by atoms with E-state index in [0.717, 1.165) is 11.1 Å². The van der Waals surface area contributed by atoms with Crippen molar-refractivity contribution in [2.24, 2.45) is 5.41 Å². The van der Waals surface area contributed by atoms with Crippen molar-refractivity contribution >= 4 is 5.91 Å². The first-order valence-corrected chi connectivity index (χ1v) is 6.98. The number of hydroxylamine groups is 2. The van der Waals surface area contributed by atoms with Crippen LogP contribution in [0.1, 0.15) is 48.7 Å². The van der Waals surface area contributed by atoms with Crippen LogP contribution in [0, 0.1) is 5.41 Å². The van der Waals surface area contributed by atoms with Crippen LogP contribution in [0.15, 0.2) is 18.2 Å². The lowest BCUT2D eigenvalue weighted by atomic mass is 9.87. The molecule has 0 spiro atoms. The SMILES string of the molecule is CON(C)C(=O)c1ccc(CCC(C)(C)C)c(C(F)(F)F)c1. The summed E-state index contributed by atoms with van der Waals surface area (Å²) in [6.45, 7) is 5.93. The van der Waals surface area contributed by atoms with Crippen LogP contribution >= 0.6 is 0 Å². The van der Waals surface area contributed by atoms with Crippen molar-refractivity contribution in [3.63, 3.8) is 0 Å². The normalized spacial score (nSPS) is 12.4. The van der Waals surface area contributed by atoms with E-state index in [1.165, 1.54) is 26.3 Å². The minimum absolute atomic E-state index is 0.0452. The van der Waals surface area contributed by atoms with E-state index >= 15 is 0 Å². The third-order valence-corrected chi connectivity index (χ3v) is 3.37. The first-order valence-electron chi connectivity index (χ1n) is 6.98. The first kappa shape index (κ1) is 18.5. The van der Waals surface area contributed by atoms with Gasteiger partial charge in [0.25, 0.3) is 5.91 Å². The quantitative estimate of drug-likeness (QED) is 0.774. The molecule has 0 N–H and O–H groups in total. The van der Waals surface area contributed by atoms with Gasteiger partial charge in [-0.05, 0) is 36.0 Å². The Labute approximate surface area is 129 Å². The standard InChI is InChI=1S/C16H22F3NO2/c1-15(2,3)9-8-11-6-7-12(14(21)20(4)22-5)10-13(11)16(17,18)19/h6-7,10H,8-9H2,1-5H3. The summed E-state index contributed by atoms with van der Waals surface area (Å²) in [5.74, 6) is -0.615. The largest absolute Gasteiger partial charge is 0.416 e. The van der Waals surface area contributed by atoms with Crippen LogP contribution in [0.3, 0.4) is 0 Å². The average molecular weight is 317 g/mol. The second kappa shape index (κ2) is 6.69. The lowest BCUT2D eigenvalue weighted by Gasteiger charge is -2.21. The van der Waals surface area contributed by atoms with Crippen molar-refractivity contribution in [3.05, 3.63) is 34.9 Å². The second-order valence-corrected chi connectivity index (χ2v) is 6.42. The summed E-state index contributed by atoms with van der Waals surface area (Å²) in [6.07, 6.45) is -3.55. The molecule has 3 nitrogen and oxygen atoms in total. The molecule has 6 heteroatoms. The molecule has 0 saturated heterocycles. The van der Waals surface area contributed by atoms with Crippen LogP contribution in [0.2, 0.25) is 0 Å². The zero-order valence-electron chi connectivity index (χ0n) is 13.5. The van der Waals surface area contributed by atoms with Gasteiger partial charge in [-0.2, -0.15) is 13.2 Å². The van der Waals surface area contributed by atoms with Crippen LogP contribution in [0.5, 0.6) is 0 Å². The third-order valence-electron chi connectivity index (χ3n) is 3.37. The average Bonchev–Trinajstić information content (AvgIpc) is 2.41. The van der Waals surface area contributed by atoms with Gasteiger partial charge in [-0.25, -0.2) is 5.06 Å². The molecular formula is C16H22F3NO2. The molecular weight excluding hydrogens is 295 g/mol. The highest BCUT2D eigenvalue weighted by Crippen LogP contribution is 2.34. The molecule has 1 amide bonds. The van der Waals surface area contributed by atoms with Gasteiger partial charge >= 0.3 is 6.18 Å². The molecule has 1 aromatic carbocycles. The van der Waals surface area contributed by atoms with E-state index in [9.17, 15) is 18.0 Å². The lowest BCUT2D eigenvalue weighted by Crippen LogP contribution is -2.26. The number of benzene rings is 1. The molecule has 0 unspecified atom stereocenters. The van der Waals surface area contributed by atoms with Crippen LogP contribution in [0.4, 0.5) is 13.2 Å². The zero-order chi connectivity index (χ0) is 17.1. The molecule has 1 rings (SSSR count). The molecule has 0 heterocycles. The molecule has 0 fully saturated rings. The van der Waals surface area contributed by atoms with Gasteiger partial charge in [0.1, 0.15) is 0 Å². The Morgan fingerprint density at radius 2 is 1.82 bits per heavy atom. The number of aryl methyl sites for hydroxylation is 1. The minimum Gasteiger partial charge on any atom is -0.274 e. The Morgan fingerprint density at radius 3 is 2.27 bits per heavy atom. The van der Waals surface area contributed by atoms with Crippen molar-refractivity contribution < 1.29 is 22.8 Å². The predicted molar refractivity (Wildman–Crippen MR) is 78.3 cm³/mol. The van der Waals surface area contributed by atoms with Gasteiger partial charge in [0.05, 0.1) is 12.7 Å². The first-order chi connectivity index (χ1) is 9.95. The number of amides is 1. The fraction of sp³-hybridized carbons (Fsp3) is 0.562. The number of rotatable bonds is 4. The maximum Gasteiger partial charge on any atom is 0.416 e. The van der Waals surface area contributed by atoms with E-state index in [1.54, 1.807) is 0 Å². The molecule has 0 aromatic heterocycles. The third kappa shape index (κ3) is 5.02. The lowest BCUT2D eigenvalue weighted by molar-refractivity contribution is -0.138. The van der Waals surface area contributed by atoms with Crippen LogP contribution in [-0.4, -0.2) is 25.1 Å². The molecule has 124 valence electrons. The fourth-order valence-electron chi connectivity index (χ4n) is 1.97. The summed E-state index contributed by atoms with van der Waals surface area (Å²) in [5, 5.41) is 0.893. The van der Waals surface area contributed by atoms with Gasteiger partial charge in [0.2, 0.25) is 0 Å². The Kier molecular flexibility index (Phi) is 5.62. The summed E-state index contributed by atoms with van der Waals surface area (Å²) >= 11 is 0. The Bertz CT molecular complexity index is 533. The van der Waals surface area contributed by atoms with E-state index in [2.05, 4.69) is 0 Å². The monoisotopic (exact) mass is 317 g/mol. The molecule has 0 bridgehead atoms. The van der Waals surface area contributed by atoms with Crippen molar-refractivity contribution in [1.29, 1.82) is 0 Å². The molecule has 1 aromatic rings. The highest BCUT2D eigenvalue weighted by molar-refractivity contribution is 5.93. The van der Waals surface area contributed by atoms with Gasteiger partial charge in [-0.1, -0.05) is 26.8 Å². The van der Waals surface area contributed by atoms with Crippen molar-refractivity contribution in [2.45, 2.75) is 39.8 Å². The van der Waals surface area contributed by atoms with Gasteiger partial charge in [-0.15, -0.1) is 0 Å². The fourth-order valence-corrected chi connectivity index (χ4v) is 1.97. The van der Waals surface area contributed by atoms with Gasteiger partial charge in [-0.3, -0.25) is 9.63 Å². The van der Waals surface area contributed by atoms with Crippen LogP contribution in [0.25, 0.3) is 0 Å². The molecule has 0 aliphatic carbocycles. The number of nitrogens with zero attached hydrogens (tertiary/aromatic N) is 1. The number of hydrogen-bond acceptors (Lipinski definition) is 2. The van der Waals surface area contributed by atoms with Crippen molar-refractivity contribution in [1.82, 2.24) is 5.06 Å². The molecule has 0 aliphatic heterocycles. The van der Waals surface area contributed by atoms with E-state index in [4.69, 9.17) is 4.84 Å². The summed E-state index contributed by atoms with van der Waals surface area (Å²) in [4.78, 5) is 16.6. The predicted octanol–water partition coefficient (Wildman–Crippen LogP) is 4.32. The molecule has 0 radical (unpaired) electrons. The Morgan fingerprint density at radius 1 is 1.23 bits per heavy atom. The number of halogens is 3. The maximum atomic E-state index is 13.2. The highest BCUT2D eigenvalue weighted by atomic mass is 19.4. The molecule has 0 aliphatic rings. The summed E-state index contributed by atoms with van der Waals surface area (Å²) in [5.41, 5.74) is -0.657. The molecule has 22 heavy (non-hydrogen) atoms. The number of hydrogen-bond donors (Lipinski definition) is 0. The van der Waals surface area contributed by atoms with Crippen LogP contribution in [-0.2, 0) is 17.4 Å². The maximum absolute atomic E-state index is 13.2. The van der Waals surface area contributed by atoms with Crippen molar-refractivity contribution in [3.8, 4) is 0 Å².